The summed E-state index contributed by atoms with van der Waals surface area (Å²) in [5.74, 6) is -0.493. The van der Waals surface area contributed by atoms with E-state index in [4.69, 9.17) is 37.4 Å². The lowest BCUT2D eigenvalue weighted by atomic mass is 10.2. The van der Waals surface area contributed by atoms with E-state index in [1.807, 2.05) is 0 Å². The Morgan fingerprint density at radius 3 is 2.66 bits per heavy atom. The van der Waals surface area contributed by atoms with E-state index >= 15 is 0 Å². The van der Waals surface area contributed by atoms with Gasteiger partial charge in [0.15, 0.2) is 6.10 Å². The molecule has 1 heterocycles. The number of halogens is 2. The van der Waals surface area contributed by atoms with Crippen LogP contribution in [0.1, 0.15) is 30.1 Å². The fourth-order valence-electron chi connectivity index (χ4n) is 2.76. The number of nitrogens with one attached hydrogen (secondary N) is 1. The van der Waals surface area contributed by atoms with Crippen LogP contribution in [0.25, 0.3) is 0 Å². The fourth-order valence-corrected chi connectivity index (χ4v) is 3.10. The quantitative estimate of drug-likeness (QED) is 0.633. The third-order valence-electron chi connectivity index (χ3n) is 4.39. The number of anilines is 1. The lowest BCUT2D eigenvalue weighted by molar-refractivity contribution is -0.123. The number of carbonyl (C=O) groups is 2. The molecule has 1 aliphatic rings. The van der Waals surface area contributed by atoms with Crippen molar-refractivity contribution in [1.82, 2.24) is 0 Å². The van der Waals surface area contributed by atoms with Crippen molar-refractivity contribution < 1.29 is 23.8 Å². The van der Waals surface area contributed by atoms with E-state index in [0.717, 1.165) is 19.4 Å². The second-order valence-corrected chi connectivity index (χ2v) is 7.48. The molecule has 2 aromatic carbocycles. The molecule has 0 aliphatic carbocycles. The zero-order valence-corrected chi connectivity index (χ0v) is 17.3. The monoisotopic (exact) mass is 437 g/mol. The van der Waals surface area contributed by atoms with E-state index in [2.05, 4.69) is 5.32 Å². The van der Waals surface area contributed by atoms with Gasteiger partial charge in [0.25, 0.3) is 5.91 Å². The van der Waals surface area contributed by atoms with Gasteiger partial charge >= 0.3 is 5.97 Å². The Labute approximate surface area is 179 Å². The zero-order chi connectivity index (χ0) is 20.8. The second-order valence-electron chi connectivity index (χ2n) is 6.63. The molecule has 2 unspecified atom stereocenters. The maximum Gasteiger partial charge on any atom is 0.338 e. The number of rotatable bonds is 7. The molecule has 0 spiro atoms. The van der Waals surface area contributed by atoms with Crippen LogP contribution in [-0.4, -0.2) is 37.3 Å². The molecule has 0 bridgehead atoms. The Bertz CT molecular complexity index is 866. The molecule has 0 radical (unpaired) electrons. The van der Waals surface area contributed by atoms with Gasteiger partial charge in [-0.1, -0.05) is 23.2 Å². The molecule has 154 valence electrons. The van der Waals surface area contributed by atoms with Crippen LogP contribution in [0.3, 0.4) is 0 Å². The molecule has 1 fully saturated rings. The van der Waals surface area contributed by atoms with Crippen LogP contribution >= 0.6 is 23.2 Å². The van der Waals surface area contributed by atoms with Crippen molar-refractivity contribution in [3.63, 3.8) is 0 Å². The summed E-state index contributed by atoms with van der Waals surface area (Å²) in [6, 6.07) is 11.2. The summed E-state index contributed by atoms with van der Waals surface area (Å²) in [5.41, 5.74) is 0.662. The number of amides is 1. The molecule has 1 amide bonds. The lowest BCUT2D eigenvalue weighted by Gasteiger charge is -2.15. The standard InChI is InChI=1S/C21H21Cl2NO5/c1-13(20(25)24-19-11-15(22)6-9-18(19)23)29-21(26)14-4-7-16(8-5-14)28-12-17-3-2-10-27-17/h4-9,11,13,17H,2-3,10,12H2,1H3,(H,24,25). The second kappa shape index (κ2) is 9.96. The van der Waals surface area contributed by atoms with Crippen molar-refractivity contribution in [2.24, 2.45) is 0 Å². The molecule has 2 atom stereocenters. The van der Waals surface area contributed by atoms with Gasteiger partial charge in [-0.3, -0.25) is 4.79 Å². The van der Waals surface area contributed by atoms with Crippen LogP contribution in [-0.2, 0) is 14.3 Å². The van der Waals surface area contributed by atoms with Crippen molar-refractivity contribution >= 4 is 40.8 Å². The van der Waals surface area contributed by atoms with Gasteiger partial charge in [0, 0.05) is 11.6 Å². The summed E-state index contributed by atoms with van der Waals surface area (Å²) in [6.45, 7) is 2.73. The maximum atomic E-state index is 12.3. The van der Waals surface area contributed by atoms with E-state index in [9.17, 15) is 9.59 Å². The van der Waals surface area contributed by atoms with Crippen molar-refractivity contribution in [3.8, 4) is 5.75 Å². The van der Waals surface area contributed by atoms with Gasteiger partial charge in [-0.05, 0) is 62.2 Å². The minimum absolute atomic E-state index is 0.118. The Kier molecular flexibility index (Phi) is 7.36. The number of hydrogen-bond donors (Lipinski definition) is 1. The topological polar surface area (TPSA) is 73.9 Å². The number of carbonyl (C=O) groups excluding carboxylic acids is 2. The summed E-state index contributed by atoms with van der Waals surface area (Å²) >= 11 is 11.9. The molecule has 0 saturated carbocycles. The summed E-state index contributed by atoms with van der Waals surface area (Å²) in [7, 11) is 0. The van der Waals surface area contributed by atoms with Gasteiger partial charge in [-0.2, -0.15) is 0 Å². The first kappa shape index (κ1) is 21.4. The van der Waals surface area contributed by atoms with Crippen LogP contribution in [0.4, 0.5) is 5.69 Å². The van der Waals surface area contributed by atoms with Crippen LogP contribution in [0.2, 0.25) is 10.0 Å². The van der Waals surface area contributed by atoms with E-state index < -0.39 is 18.0 Å². The minimum atomic E-state index is -1.02. The van der Waals surface area contributed by atoms with Gasteiger partial charge in [0.1, 0.15) is 12.4 Å². The van der Waals surface area contributed by atoms with E-state index in [0.29, 0.717) is 33.7 Å². The van der Waals surface area contributed by atoms with Crippen molar-refractivity contribution in [2.45, 2.75) is 32.0 Å². The van der Waals surface area contributed by atoms with Crippen LogP contribution in [0.15, 0.2) is 42.5 Å². The summed E-state index contributed by atoms with van der Waals surface area (Å²) in [6.07, 6.45) is 1.14. The maximum absolute atomic E-state index is 12.3. The smallest absolute Gasteiger partial charge is 0.338 e. The highest BCUT2D eigenvalue weighted by Gasteiger charge is 2.20. The number of ether oxygens (including phenoxy) is 3. The summed E-state index contributed by atoms with van der Waals surface area (Å²) < 4.78 is 16.4. The van der Waals surface area contributed by atoms with E-state index in [1.165, 1.54) is 13.0 Å². The lowest BCUT2D eigenvalue weighted by Crippen LogP contribution is -2.30. The van der Waals surface area contributed by atoms with Gasteiger partial charge in [-0.25, -0.2) is 4.79 Å². The van der Waals surface area contributed by atoms with Crippen LogP contribution in [0, 0.1) is 0 Å². The molecule has 2 aromatic rings. The first-order valence-corrected chi connectivity index (χ1v) is 9.99. The highest BCUT2D eigenvalue weighted by atomic mass is 35.5. The normalized spacial score (nSPS) is 16.9. The third kappa shape index (κ3) is 6.10. The Hall–Kier alpha value is -2.28. The largest absolute Gasteiger partial charge is 0.491 e. The fraction of sp³-hybridized carbons (Fsp3) is 0.333. The summed E-state index contributed by atoms with van der Waals surface area (Å²) in [4.78, 5) is 24.6. The molecule has 8 heteroatoms. The first-order valence-electron chi connectivity index (χ1n) is 9.24. The SMILES string of the molecule is CC(OC(=O)c1ccc(OCC2CCCO2)cc1)C(=O)Nc1cc(Cl)ccc1Cl. The average molecular weight is 438 g/mol. The van der Waals surface area contributed by atoms with Crippen LogP contribution < -0.4 is 10.1 Å². The van der Waals surface area contributed by atoms with Crippen LogP contribution in [0.5, 0.6) is 5.75 Å². The predicted molar refractivity (Wildman–Crippen MR) is 111 cm³/mol. The zero-order valence-electron chi connectivity index (χ0n) is 15.8. The van der Waals surface area contributed by atoms with Crippen molar-refractivity contribution in [1.29, 1.82) is 0 Å². The first-order chi connectivity index (χ1) is 13.9. The minimum Gasteiger partial charge on any atom is -0.491 e. The Morgan fingerprint density at radius 2 is 1.97 bits per heavy atom. The average Bonchev–Trinajstić information content (AvgIpc) is 3.23. The summed E-state index contributed by atoms with van der Waals surface area (Å²) in [5, 5.41) is 3.36. The number of esters is 1. The predicted octanol–water partition coefficient (Wildman–Crippen LogP) is 4.74. The van der Waals surface area contributed by atoms with Crippen molar-refractivity contribution in [3.05, 3.63) is 58.1 Å². The number of benzene rings is 2. The molecule has 1 aliphatic heterocycles. The van der Waals surface area contributed by atoms with Gasteiger partial charge in [-0.15, -0.1) is 0 Å². The van der Waals surface area contributed by atoms with Gasteiger partial charge in [0.05, 0.1) is 22.4 Å². The van der Waals surface area contributed by atoms with Gasteiger partial charge in [0.2, 0.25) is 0 Å². The van der Waals surface area contributed by atoms with E-state index in [1.54, 1.807) is 36.4 Å². The molecule has 3 rings (SSSR count). The molecule has 1 N–H and O–H groups in total. The molecule has 29 heavy (non-hydrogen) atoms. The van der Waals surface area contributed by atoms with E-state index in [-0.39, 0.29) is 6.10 Å². The molecule has 0 aromatic heterocycles. The highest BCUT2D eigenvalue weighted by Crippen LogP contribution is 2.25. The van der Waals surface area contributed by atoms with Crippen molar-refractivity contribution in [2.75, 3.05) is 18.5 Å². The third-order valence-corrected chi connectivity index (χ3v) is 4.95. The molecular weight excluding hydrogens is 417 g/mol. The van der Waals surface area contributed by atoms with Gasteiger partial charge < -0.3 is 19.5 Å². The molecule has 6 nitrogen and oxygen atoms in total. The number of hydrogen-bond acceptors (Lipinski definition) is 5. The highest BCUT2D eigenvalue weighted by molar-refractivity contribution is 6.35. The molecular formula is C21H21Cl2NO5. The Balaban J connectivity index is 1.51. The molecule has 1 saturated heterocycles. The Morgan fingerprint density at radius 1 is 1.21 bits per heavy atom.